The van der Waals surface area contributed by atoms with Gasteiger partial charge in [-0.15, -0.1) is 0 Å². The Balaban J connectivity index is 1.69. The first kappa shape index (κ1) is 15.2. The van der Waals surface area contributed by atoms with E-state index in [0.717, 1.165) is 5.56 Å². The number of nitrogens with zero attached hydrogens (tertiary/aromatic N) is 1. The first-order valence-electron chi connectivity index (χ1n) is 7.40. The van der Waals surface area contributed by atoms with Crippen LogP contribution in [0.2, 0.25) is 0 Å². The van der Waals surface area contributed by atoms with E-state index in [0.29, 0.717) is 24.2 Å². The van der Waals surface area contributed by atoms with Crippen LogP contribution in [0.4, 0.5) is 0 Å². The molecule has 0 aliphatic carbocycles. The number of hydrogen-bond donors (Lipinski definition) is 3. The Labute approximate surface area is 133 Å². The van der Waals surface area contributed by atoms with Crippen molar-refractivity contribution in [1.82, 2.24) is 20.8 Å². The Hall–Kier alpha value is -2.67. The van der Waals surface area contributed by atoms with Gasteiger partial charge in [0.25, 0.3) is 5.91 Å². The maximum Gasteiger partial charge on any atom is 0.322 e. The zero-order chi connectivity index (χ0) is 16.2. The number of nitrogens with one attached hydrogen (secondary N) is 3. The summed E-state index contributed by atoms with van der Waals surface area (Å²) in [7, 11) is 1.35. The number of H-pyrrole nitrogens is 1. The Kier molecular flexibility index (Phi) is 4.38. The summed E-state index contributed by atoms with van der Waals surface area (Å²) in [4.78, 5) is 24.0. The van der Waals surface area contributed by atoms with Crippen LogP contribution >= 0.6 is 0 Å². The van der Waals surface area contributed by atoms with Crippen LogP contribution < -0.4 is 10.6 Å². The van der Waals surface area contributed by atoms with E-state index in [9.17, 15) is 9.59 Å². The zero-order valence-electron chi connectivity index (χ0n) is 12.7. The average Bonchev–Trinajstić information content (AvgIpc) is 3.24. The van der Waals surface area contributed by atoms with Crippen LogP contribution in [0.3, 0.4) is 0 Å². The zero-order valence-corrected chi connectivity index (χ0v) is 12.7. The van der Waals surface area contributed by atoms with Crippen LogP contribution in [0.5, 0.6) is 0 Å². The largest absolute Gasteiger partial charge is 0.468 e. The maximum absolute atomic E-state index is 12.5. The van der Waals surface area contributed by atoms with Gasteiger partial charge in [0.1, 0.15) is 6.04 Å². The van der Waals surface area contributed by atoms with Gasteiger partial charge in [0, 0.05) is 18.2 Å². The van der Waals surface area contributed by atoms with Gasteiger partial charge in [-0.05, 0) is 6.42 Å². The number of carbonyl (C=O) groups is 2. The van der Waals surface area contributed by atoms with Gasteiger partial charge in [-0.2, -0.15) is 5.10 Å². The van der Waals surface area contributed by atoms with Gasteiger partial charge in [0.2, 0.25) is 0 Å². The molecule has 0 unspecified atom stereocenters. The minimum atomic E-state index is -0.372. The summed E-state index contributed by atoms with van der Waals surface area (Å²) in [5.41, 5.74) is 2.06. The molecule has 23 heavy (non-hydrogen) atoms. The molecular weight excluding hydrogens is 296 g/mol. The molecule has 1 aliphatic heterocycles. The molecule has 0 saturated carbocycles. The van der Waals surface area contributed by atoms with Gasteiger partial charge in [0.15, 0.2) is 0 Å². The van der Waals surface area contributed by atoms with Crippen molar-refractivity contribution in [3.8, 4) is 11.3 Å². The molecule has 0 spiro atoms. The average molecular weight is 314 g/mol. The van der Waals surface area contributed by atoms with Crippen molar-refractivity contribution in [2.75, 3.05) is 13.7 Å². The van der Waals surface area contributed by atoms with Crippen LogP contribution in [0.25, 0.3) is 11.3 Å². The molecule has 2 aromatic rings. The molecule has 0 bridgehead atoms. The lowest BCUT2D eigenvalue weighted by atomic mass is 10.1. The third-order valence-corrected chi connectivity index (χ3v) is 3.90. The molecule has 1 fully saturated rings. The lowest BCUT2D eigenvalue weighted by molar-refractivity contribution is -0.142. The molecule has 3 rings (SSSR count). The molecular formula is C16H18N4O3. The number of hydrogen-bond acceptors (Lipinski definition) is 5. The number of aromatic nitrogens is 2. The number of aromatic amines is 1. The van der Waals surface area contributed by atoms with E-state index in [1.807, 2.05) is 30.3 Å². The minimum Gasteiger partial charge on any atom is -0.468 e. The van der Waals surface area contributed by atoms with Crippen molar-refractivity contribution >= 4 is 11.9 Å². The second-order valence-electron chi connectivity index (χ2n) is 5.41. The molecule has 1 aromatic carbocycles. The van der Waals surface area contributed by atoms with Gasteiger partial charge < -0.3 is 15.4 Å². The topological polar surface area (TPSA) is 96.1 Å². The van der Waals surface area contributed by atoms with Crippen LogP contribution in [0.1, 0.15) is 16.8 Å². The highest BCUT2D eigenvalue weighted by atomic mass is 16.5. The number of methoxy groups -OCH3 is 1. The lowest BCUT2D eigenvalue weighted by Gasteiger charge is -2.12. The molecule has 2 heterocycles. The van der Waals surface area contributed by atoms with Crippen molar-refractivity contribution in [2.45, 2.75) is 18.5 Å². The molecule has 1 saturated heterocycles. The Morgan fingerprint density at radius 1 is 1.30 bits per heavy atom. The highest BCUT2D eigenvalue weighted by molar-refractivity contribution is 6.00. The summed E-state index contributed by atoms with van der Waals surface area (Å²) in [5.74, 6) is -0.523. The standard InChI is InChI=1S/C16H18N4O3/c1-23-16(22)13-7-11(8-17-13)19-15(21)12-9-18-20-14(12)10-5-3-2-4-6-10/h2-6,9,11,13,17H,7-8H2,1H3,(H,18,20)(H,19,21)/t11-,13-/m0/s1. The molecule has 1 aliphatic rings. The van der Waals surface area contributed by atoms with E-state index in [-0.39, 0.29) is 24.0 Å². The smallest absolute Gasteiger partial charge is 0.322 e. The first-order chi connectivity index (χ1) is 11.2. The van der Waals surface area contributed by atoms with Crippen molar-refractivity contribution in [3.63, 3.8) is 0 Å². The fraction of sp³-hybridized carbons (Fsp3) is 0.312. The Bertz CT molecular complexity index is 698. The van der Waals surface area contributed by atoms with Gasteiger partial charge in [-0.1, -0.05) is 30.3 Å². The summed E-state index contributed by atoms with van der Waals surface area (Å²) in [6.07, 6.45) is 2.02. The molecule has 2 atom stereocenters. The highest BCUT2D eigenvalue weighted by Gasteiger charge is 2.31. The summed E-state index contributed by atoms with van der Waals surface area (Å²) >= 11 is 0. The van der Waals surface area contributed by atoms with E-state index >= 15 is 0 Å². The molecule has 7 heteroatoms. The summed E-state index contributed by atoms with van der Waals surface area (Å²) < 4.78 is 4.71. The van der Waals surface area contributed by atoms with E-state index in [1.165, 1.54) is 13.3 Å². The van der Waals surface area contributed by atoms with Crippen molar-refractivity contribution in [2.24, 2.45) is 0 Å². The lowest BCUT2D eigenvalue weighted by Crippen LogP contribution is -2.36. The van der Waals surface area contributed by atoms with E-state index in [4.69, 9.17) is 4.74 Å². The second kappa shape index (κ2) is 6.62. The van der Waals surface area contributed by atoms with E-state index in [1.54, 1.807) is 0 Å². The van der Waals surface area contributed by atoms with Crippen LogP contribution in [0, 0.1) is 0 Å². The van der Waals surface area contributed by atoms with Crippen molar-refractivity contribution in [3.05, 3.63) is 42.1 Å². The molecule has 3 N–H and O–H groups in total. The normalized spacial score (nSPS) is 20.2. The SMILES string of the molecule is COC(=O)[C@@H]1C[C@H](NC(=O)c2cn[nH]c2-c2ccccc2)CN1. The quantitative estimate of drug-likeness (QED) is 0.722. The number of esters is 1. The monoisotopic (exact) mass is 314 g/mol. The number of carbonyl (C=O) groups excluding carboxylic acids is 2. The van der Waals surface area contributed by atoms with Crippen LogP contribution in [-0.2, 0) is 9.53 Å². The first-order valence-corrected chi connectivity index (χ1v) is 7.40. The number of benzene rings is 1. The summed E-state index contributed by atoms with van der Waals surface area (Å²) in [5, 5.41) is 12.8. The predicted molar refractivity (Wildman–Crippen MR) is 83.7 cm³/mol. The molecule has 120 valence electrons. The number of amides is 1. The number of ether oxygens (including phenoxy) is 1. The predicted octanol–water partition coefficient (Wildman–Crippen LogP) is 0.710. The molecule has 0 radical (unpaired) electrons. The van der Waals surface area contributed by atoms with E-state index in [2.05, 4.69) is 20.8 Å². The number of rotatable bonds is 4. The molecule has 1 aromatic heterocycles. The second-order valence-corrected chi connectivity index (χ2v) is 5.41. The van der Waals surface area contributed by atoms with Gasteiger partial charge >= 0.3 is 5.97 Å². The van der Waals surface area contributed by atoms with Gasteiger partial charge in [-0.3, -0.25) is 14.7 Å². The van der Waals surface area contributed by atoms with E-state index < -0.39 is 0 Å². The molecule has 7 nitrogen and oxygen atoms in total. The van der Waals surface area contributed by atoms with Gasteiger partial charge in [0.05, 0.1) is 24.6 Å². The Morgan fingerprint density at radius 3 is 2.83 bits per heavy atom. The summed E-state index contributed by atoms with van der Waals surface area (Å²) in [6, 6.07) is 9.05. The fourth-order valence-electron chi connectivity index (χ4n) is 2.71. The highest BCUT2D eigenvalue weighted by Crippen LogP contribution is 2.21. The van der Waals surface area contributed by atoms with Crippen molar-refractivity contribution in [1.29, 1.82) is 0 Å². The molecule has 1 amide bonds. The fourth-order valence-corrected chi connectivity index (χ4v) is 2.71. The maximum atomic E-state index is 12.5. The van der Waals surface area contributed by atoms with Crippen molar-refractivity contribution < 1.29 is 14.3 Å². The van der Waals surface area contributed by atoms with Crippen LogP contribution in [0.15, 0.2) is 36.5 Å². The summed E-state index contributed by atoms with van der Waals surface area (Å²) in [6.45, 7) is 0.532. The minimum absolute atomic E-state index is 0.120. The third kappa shape index (κ3) is 3.24. The Morgan fingerprint density at radius 2 is 2.09 bits per heavy atom. The van der Waals surface area contributed by atoms with Gasteiger partial charge in [-0.25, -0.2) is 0 Å². The van der Waals surface area contributed by atoms with Crippen LogP contribution in [-0.4, -0.2) is 47.8 Å². The third-order valence-electron chi connectivity index (χ3n) is 3.90.